The number of nitrogens with zero attached hydrogens (tertiary/aromatic N) is 1. The highest BCUT2D eigenvalue weighted by molar-refractivity contribution is 6.05. The first kappa shape index (κ1) is 17.9. The third-order valence-electron chi connectivity index (χ3n) is 5.40. The summed E-state index contributed by atoms with van der Waals surface area (Å²) in [7, 11) is 0. The molecule has 0 spiro atoms. The maximum atomic E-state index is 12.4. The van der Waals surface area contributed by atoms with Gasteiger partial charge in [0, 0.05) is 18.2 Å². The van der Waals surface area contributed by atoms with Crippen LogP contribution in [0.25, 0.3) is 0 Å². The molecule has 1 saturated carbocycles. The summed E-state index contributed by atoms with van der Waals surface area (Å²) in [5.74, 6) is 0.657. The van der Waals surface area contributed by atoms with Crippen molar-refractivity contribution in [2.75, 3.05) is 24.1 Å². The smallest absolute Gasteiger partial charge is 0.255 e. The van der Waals surface area contributed by atoms with Gasteiger partial charge in [-0.15, -0.1) is 0 Å². The van der Waals surface area contributed by atoms with Gasteiger partial charge in [-0.2, -0.15) is 0 Å². The van der Waals surface area contributed by atoms with Gasteiger partial charge in [0.2, 0.25) is 0 Å². The van der Waals surface area contributed by atoms with Gasteiger partial charge < -0.3 is 20.7 Å². The van der Waals surface area contributed by atoms with E-state index < -0.39 is 0 Å². The molecule has 3 N–H and O–H groups in total. The molecule has 1 unspecified atom stereocenters. The predicted molar refractivity (Wildman–Crippen MR) is 108 cm³/mol. The van der Waals surface area contributed by atoms with E-state index in [1.165, 1.54) is 25.8 Å². The van der Waals surface area contributed by atoms with Gasteiger partial charge in [-0.05, 0) is 75.0 Å². The number of amides is 1. The van der Waals surface area contributed by atoms with E-state index in [1.54, 1.807) is 24.3 Å². The lowest BCUT2D eigenvalue weighted by atomic mass is 10.1. The number of carbonyl (C=O) groups excluding carboxylic acids is 1. The van der Waals surface area contributed by atoms with Gasteiger partial charge in [0.15, 0.2) is 0 Å². The zero-order chi connectivity index (χ0) is 18.6. The average Bonchev–Trinajstić information content (AvgIpc) is 3.51. The summed E-state index contributed by atoms with van der Waals surface area (Å²) in [6.07, 6.45) is 6.36. The van der Waals surface area contributed by atoms with Gasteiger partial charge in [0.25, 0.3) is 5.91 Å². The van der Waals surface area contributed by atoms with Gasteiger partial charge in [0.1, 0.15) is 5.75 Å². The maximum absolute atomic E-state index is 12.4. The minimum Gasteiger partial charge on any atom is -0.490 e. The topological polar surface area (TPSA) is 67.6 Å². The molecule has 27 heavy (non-hydrogen) atoms. The molecule has 142 valence electrons. The lowest BCUT2D eigenvalue weighted by Gasteiger charge is -2.20. The number of nitrogens with one attached hydrogen (secondary N) is 1. The van der Waals surface area contributed by atoms with E-state index >= 15 is 0 Å². The van der Waals surface area contributed by atoms with E-state index in [0.717, 1.165) is 31.2 Å². The number of hydrogen-bond acceptors (Lipinski definition) is 4. The molecular weight excluding hydrogens is 338 g/mol. The Hall–Kier alpha value is -2.53. The van der Waals surface area contributed by atoms with Crippen molar-refractivity contribution in [3.05, 3.63) is 54.1 Å². The van der Waals surface area contributed by atoms with Crippen molar-refractivity contribution < 1.29 is 9.53 Å². The van der Waals surface area contributed by atoms with Crippen LogP contribution in [0.1, 0.15) is 42.5 Å². The van der Waals surface area contributed by atoms with Crippen molar-refractivity contribution in [3.8, 4) is 5.75 Å². The van der Waals surface area contributed by atoms with Crippen LogP contribution in [0.3, 0.4) is 0 Å². The number of likely N-dealkylation sites (tertiary alicyclic amines) is 1. The molecule has 5 nitrogen and oxygen atoms in total. The standard InChI is InChI=1S/C22H27N3O2/c23-20-5-1-2-6-21(20)24-22(26)16-7-11-19(12-8-16)27-18-4-3-14-25(15-13-18)17-9-10-17/h1-2,5-8,11-12,17-18H,3-4,9-10,13-15,23H2,(H,24,26). The lowest BCUT2D eigenvalue weighted by Crippen LogP contribution is -2.27. The van der Waals surface area contributed by atoms with E-state index in [9.17, 15) is 4.79 Å². The number of carbonyl (C=O) groups is 1. The average molecular weight is 365 g/mol. The van der Waals surface area contributed by atoms with Crippen molar-refractivity contribution in [3.63, 3.8) is 0 Å². The minimum absolute atomic E-state index is 0.172. The first-order chi connectivity index (χ1) is 13.2. The second-order valence-corrected chi connectivity index (χ2v) is 7.50. The Labute approximate surface area is 160 Å². The Morgan fingerprint density at radius 1 is 1.00 bits per heavy atom. The number of anilines is 2. The number of ether oxygens (including phenoxy) is 1. The number of nitrogen functional groups attached to an aromatic ring is 1. The first-order valence-electron chi connectivity index (χ1n) is 9.85. The van der Waals surface area contributed by atoms with Crippen LogP contribution in [0.2, 0.25) is 0 Å². The number of benzene rings is 2. The Morgan fingerprint density at radius 2 is 1.78 bits per heavy atom. The summed E-state index contributed by atoms with van der Waals surface area (Å²) < 4.78 is 6.18. The monoisotopic (exact) mass is 365 g/mol. The van der Waals surface area contributed by atoms with E-state index in [0.29, 0.717) is 16.9 Å². The van der Waals surface area contributed by atoms with Gasteiger partial charge >= 0.3 is 0 Å². The maximum Gasteiger partial charge on any atom is 0.255 e. The number of nitrogens with two attached hydrogens (primary N) is 1. The number of hydrogen-bond donors (Lipinski definition) is 2. The summed E-state index contributed by atoms with van der Waals surface area (Å²) in [5.41, 5.74) is 7.65. The van der Waals surface area contributed by atoms with Crippen LogP contribution in [0.4, 0.5) is 11.4 Å². The molecule has 1 saturated heterocycles. The summed E-state index contributed by atoms with van der Waals surface area (Å²) in [6, 6.07) is 15.5. The Kier molecular flexibility index (Phi) is 5.30. The summed E-state index contributed by atoms with van der Waals surface area (Å²) >= 11 is 0. The van der Waals surface area contributed by atoms with Crippen molar-refractivity contribution in [1.82, 2.24) is 4.90 Å². The fourth-order valence-electron chi connectivity index (χ4n) is 3.69. The van der Waals surface area contributed by atoms with Crippen LogP contribution in [0.5, 0.6) is 5.75 Å². The molecule has 1 amide bonds. The van der Waals surface area contributed by atoms with Gasteiger partial charge in [0.05, 0.1) is 17.5 Å². The molecule has 2 fully saturated rings. The fourth-order valence-corrected chi connectivity index (χ4v) is 3.69. The molecule has 0 bridgehead atoms. The zero-order valence-corrected chi connectivity index (χ0v) is 15.6. The second-order valence-electron chi connectivity index (χ2n) is 7.50. The van der Waals surface area contributed by atoms with Gasteiger partial charge in [-0.3, -0.25) is 4.79 Å². The van der Waals surface area contributed by atoms with Crippen LogP contribution in [0.15, 0.2) is 48.5 Å². The molecule has 2 aliphatic rings. The molecule has 4 rings (SSSR count). The third kappa shape index (κ3) is 4.61. The highest BCUT2D eigenvalue weighted by Crippen LogP contribution is 2.30. The van der Waals surface area contributed by atoms with Crippen LogP contribution in [-0.4, -0.2) is 36.0 Å². The Morgan fingerprint density at radius 3 is 2.52 bits per heavy atom. The number of para-hydroxylation sites is 2. The van der Waals surface area contributed by atoms with Gasteiger partial charge in [-0.25, -0.2) is 0 Å². The molecule has 0 aromatic heterocycles. The van der Waals surface area contributed by atoms with Crippen molar-refractivity contribution >= 4 is 17.3 Å². The number of rotatable bonds is 5. The second kappa shape index (κ2) is 8.01. The predicted octanol–water partition coefficient (Wildman–Crippen LogP) is 3.92. The highest BCUT2D eigenvalue weighted by atomic mass is 16.5. The molecule has 2 aromatic carbocycles. The van der Waals surface area contributed by atoms with Crippen molar-refractivity contribution in [1.29, 1.82) is 0 Å². The third-order valence-corrected chi connectivity index (χ3v) is 5.40. The molecule has 1 heterocycles. The largest absolute Gasteiger partial charge is 0.490 e. The first-order valence-corrected chi connectivity index (χ1v) is 9.85. The summed E-state index contributed by atoms with van der Waals surface area (Å²) in [4.78, 5) is 15.0. The molecular formula is C22H27N3O2. The van der Waals surface area contributed by atoms with Crippen LogP contribution in [-0.2, 0) is 0 Å². The van der Waals surface area contributed by atoms with Crippen LogP contribution in [0, 0.1) is 0 Å². The molecule has 5 heteroatoms. The minimum atomic E-state index is -0.172. The summed E-state index contributed by atoms with van der Waals surface area (Å²) in [5, 5.41) is 2.85. The van der Waals surface area contributed by atoms with Gasteiger partial charge in [-0.1, -0.05) is 12.1 Å². The fraction of sp³-hybridized carbons (Fsp3) is 0.409. The molecule has 1 aliphatic heterocycles. The molecule has 0 radical (unpaired) electrons. The molecule has 1 aliphatic carbocycles. The summed E-state index contributed by atoms with van der Waals surface area (Å²) in [6.45, 7) is 2.33. The molecule has 2 aromatic rings. The Bertz CT molecular complexity index is 786. The Balaban J connectivity index is 1.33. The zero-order valence-electron chi connectivity index (χ0n) is 15.6. The van der Waals surface area contributed by atoms with Crippen molar-refractivity contribution in [2.45, 2.75) is 44.2 Å². The quantitative estimate of drug-likeness (QED) is 0.788. The van der Waals surface area contributed by atoms with E-state index in [4.69, 9.17) is 10.5 Å². The lowest BCUT2D eigenvalue weighted by molar-refractivity contribution is 0.102. The van der Waals surface area contributed by atoms with E-state index in [1.807, 2.05) is 24.3 Å². The highest BCUT2D eigenvalue weighted by Gasteiger charge is 2.30. The van der Waals surface area contributed by atoms with E-state index in [-0.39, 0.29) is 12.0 Å². The van der Waals surface area contributed by atoms with Crippen molar-refractivity contribution in [2.24, 2.45) is 0 Å². The van der Waals surface area contributed by atoms with Crippen LogP contribution >= 0.6 is 0 Å². The SMILES string of the molecule is Nc1ccccc1NC(=O)c1ccc(OC2CCCN(C3CC3)CC2)cc1. The normalized spacial score (nSPS) is 20.7. The van der Waals surface area contributed by atoms with E-state index in [2.05, 4.69) is 10.2 Å². The van der Waals surface area contributed by atoms with Crippen LogP contribution < -0.4 is 15.8 Å². The molecule has 1 atom stereocenters.